The summed E-state index contributed by atoms with van der Waals surface area (Å²) in [5, 5.41) is 7.96. The average Bonchev–Trinajstić information content (AvgIpc) is 2.72. The third-order valence-corrected chi connectivity index (χ3v) is 3.75. The number of nitrogens with two attached hydrogens (primary N) is 1. The minimum absolute atomic E-state index is 0.173. The van der Waals surface area contributed by atoms with E-state index in [2.05, 4.69) is 15.2 Å². The van der Waals surface area contributed by atoms with Gasteiger partial charge in [-0.15, -0.1) is 5.10 Å². The van der Waals surface area contributed by atoms with Crippen molar-refractivity contribution in [3.8, 4) is 5.19 Å². The number of rotatable bonds is 4. The van der Waals surface area contributed by atoms with Gasteiger partial charge in [0.25, 0.3) is 5.19 Å². The lowest BCUT2D eigenvalue weighted by Crippen LogP contribution is -2.01. The lowest BCUT2D eigenvalue weighted by Gasteiger charge is -2.02. The molecule has 0 atom stereocenters. The molecule has 2 aromatic rings. The van der Waals surface area contributed by atoms with Crippen LogP contribution in [0.15, 0.2) is 23.2 Å². The molecule has 0 bridgehead atoms. The number of ether oxygens (including phenoxy) is 1. The second-order valence-electron chi connectivity index (χ2n) is 3.45. The van der Waals surface area contributed by atoms with E-state index in [9.17, 15) is 8.42 Å². The Morgan fingerprint density at radius 3 is 2.67 bits per heavy atom. The highest BCUT2D eigenvalue weighted by molar-refractivity contribution is 7.90. The summed E-state index contributed by atoms with van der Waals surface area (Å²) in [6.07, 6.45) is 2.42. The average molecular weight is 286 g/mol. The van der Waals surface area contributed by atoms with Crippen LogP contribution in [0.2, 0.25) is 0 Å². The smallest absolute Gasteiger partial charge is 0.296 e. The van der Waals surface area contributed by atoms with Crippen LogP contribution in [-0.4, -0.2) is 29.9 Å². The van der Waals surface area contributed by atoms with Gasteiger partial charge in [0.15, 0.2) is 9.84 Å². The number of nitrogens with zero attached hydrogens (tertiary/aromatic N) is 3. The maximum Gasteiger partial charge on any atom is 0.296 e. The fourth-order valence-corrected chi connectivity index (χ4v) is 2.15. The quantitative estimate of drug-likeness (QED) is 0.871. The number of hydrogen-bond donors (Lipinski definition) is 1. The van der Waals surface area contributed by atoms with Crippen molar-refractivity contribution in [1.29, 1.82) is 0 Å². The first kappa shape index (κ1) is 12.7. The van der Waals surface area contributed by atoms with Crippen LogP contribution in [0.25, 0.3) is 0 Å². The van der Waals surface area contributed by atoms with Gasteiger partial charge in [0, 0.05) is 12.5 Å². The van der Waals surface area contributed by atoms with Crippen LogP contribution in [0.3, 0.4) is 0 Å². The molecule has 0 radical (unpaired) electrons. The summed E-state index contributed by atoms with van der Waals surface area (Å²) in [5.41, 5.74) is 5.99. The first-order valence-corrected chi connectivity index (χ1v) is 7.53. The van der Waals surface area contributed by atoms with Crippen molar-refractivity contribution in [2.24, 2.45) is 0 Å². The Morgan fingerprint density at radius 2 is 2.17 bits per heavy atom. The van der Waals surface area contributed by atoms with Crippen molar-refractivity contribution in [3.63, 3.8) is 0 Å². The third kappa shape index (κ3) is 3.14. The Balaban J connectivity index is 2.03. The molecule has 0 aliphatic rings. The number of sulfone groups is 1. The Morgan fingerprint density at radius 1 is 1.39 bits per heavy atom. The zero-order chi connectivity index (χ0) is 13.2. The van der Waals surface area contributed by atoms with Crippen molar-refractivity contribution < 1.29 is 13.2 Å². The Hall–Kier alpha value is -1.74. The largest absolute Gasteiger partial charge is 0.462 e. The molecule has 18 heavy (non-hydrogen) atoms. The molecule has 7 nitrogen and oxygen atoms in total. The second kappa shape index (κ2) is 4.86. The molecule has 2 N–H and O–H groups in total. The van der Waals surface area contributed by atoms with E-state index in [1.165, 1.54) is 12.3 Å². The summed E-state index contributed by atoms with van der Waals surface area (Å²) < 4.78 is 27.7. The summed E-state index contributed by atoms with van der Waals surface area (Å²) in [5.74, 6) is 0. The zero-order valence-corrected chi connectivity index (χ0v) is 11.0. The first-order chi connectivity index (χ1) is 8.45. The molecule has 0 spiro atoms. The predicted molar refractivity (Wildman–Crippen MR) is 66.0 cm³/mol. The highest BCUT2D eigenvalue weighted by Crippen LogP contribution is 2.20. The van der Waals surface area contributed by atoms with Gasteiger partial charge in [-0.1, -0.05) is 5.10 Å². The topological polar surface area (TPSA) is 108 Å². The summed E-state index contributed by atoms with van der Waals surface area (Å²) in [6.45, 7) is 0.179. The molecule has 96 valence electrons. The van der Waals surface area contributed by atoms with E-state index in [1.807, 2.05) is 0 Å². The molecule has 0 fully saturated rings. The van der Waals surface area contributed by atoms with E-state index in [0.29, 0.717) is 16.0 Å². The SMILES string of the molecule is CS(=O)(=O)c1ccc(COc2nnc(N)s2)nc1. The number of pyridine rings is 1. The molecule has 2 heterocycles. The fraction of sp³-hybridized carbons (Fsp3) is 0.222. The summed E-state index contributed by atoms with van der Waals surface area (Å²) in [4.78, 5) is 4.16. The van der Waals surface area contributed by atoms with Crippen LogP contribution in [0.5, 0.6) is 5.19 Å². The normalized spacial score (nSPS) is 11.4. The molecule has 0 aliphatic carbocycles. The standard InChI is InChI=1S/C9H10N4O3S2/c1-18(14,15)7-3-2-6(11-4-7)5-16-9-13-12-8(10)17-9/h2-4H,5H2,1H3,(H2,10,12). The van der Waals surface area contributed by atoms with Crippen molar-refractivity contribution in [3.05, 3.63) is 24.0 Å². The highest BCUT2D eigenvalue weighted by Gasteiger charge is 2.08. The van der Waals surface area contributed by atoms with Gasteiger partial charge in [0.05, 0.1) is 10.6 Å². The third-order valence-electron chi connectivity index (χ3n) is 1.99. The minimum Gasteiger partial charge on any atom is -0.462 e. The van der Waals surface area contributed by atoms with E-state index < -0.39 is 9.84 Å². The van der Waals surface area contributed by atoms with E-state index in [1.54, 1.807) is 6.07 Å². The first-order valence-electron chi connectivity index (χ1n) is 4.82. The number of aromatic nitrogens is 3. The van der Waals surface area contributed by atoms with Gasteiger partial charge in [-0.2, -0.15) is 0 Å². The maximum absolute atomic E-state index is 11.2. The van der Waals surface area contributed by atoms with E-state index >= 15 is 0 Å². The molecular weight excluding hydrogens is 276 g/mol. The lowest BCUT2D eigenvalue weighted by molar-refractivity contribution is 0.297. The van der Waals surface area contributed by atoms with Crippen molar-refractivity contribution in [2.45, 2.75) is 11.5 Å². The fourth-order valence-electron chi connectivity index (χ4n) is 1.13. The zero-order valence-electron chi connectivity index (χ0n) is 9.40. The van der Waals surface area contributed by atoms with Gasteiger partial charge in [0.2, 0.25) is 5.13 Å². The predicted octanol–water partition coefficient (Wildman–Crippen LogP) is 0.498. The monoisotopic (exact) mass is 286 g/mol. The minimum atomic E-state index is -3.22. The van der Waals surface area contributed by atoms with Gasteiger partial charge in [0.1, 0.15) is 6.61 Å². The molecule has 0 saturated heterocycles. The van der Waals surface area contributed by atoms with Gasteiger partial charge in [-0.3, -0.25) is 4.98 Å². The molecule has 0 unspecified atom stereocenters. The summed E-state index contributed by atoms with van der Waals surface area (Å²) >= 11 is 1.12. The molecule has 2 rings (SSSR count). The van der Waals surface area contributed by atoms with Gasteiger partial charge < -0.3 is 10.5 Å². The van der Waals surface area contributed by atoms with Crippen LogP contribution < -0.4 is 10.5 Å². The number of nitrogen functional groups attached to an aromatic ring is 1. The van der Waals surface area contributed by atoms with E-state index in [-0.39, 0.29) is 11.5 Å². The second-order valence-corrected chi connectivity index (χ2v) is 6.44. The Bertz CT molecular complexity index is 636. The lowest BCUT2D eigenvalue weighted by atomic mass is 10.4. The molecule has 0 aromatic carbocycles. The number of anilines is 1. The molecule has 0 amide bonds. The van der Waals surface area contributed by atoms with Crippen molar-refractivity contribution in [1.82, 2.24) is 15.2 Å². The van der Waals surface area contributed by atoms with Crippen LogP contribution in [-0.2, 0) is 16.4 Å². The van der Waals surface area contributed by atoms with E-state index in [4.69, 9.17) is 10.5 Å². The van der Waals surface area contributed by atoms with Crippen LogP contribution >= 0.6 is 11.3 Å². The van der Waals surface area contributed by atoms with Crippen LogP contribution in [0.1, 0.15) is 5.69 Å². The van der Waals surface area contributed by atoms with Gasteiger partial charge >= 0.3 is 0 Å². The summed E-state index contributed by atoms with van der Waals surface area (Å²) in [6, 6.07) is 3.07. The van der Waals surface area contributed by atoms with Gasteiger partial charge in [-0.05, 0) is 23.5 Å². The Kier molecular flexibility index (Phi) is 3.43. The highest BCUT2D eigenvalue weighted by atomic mass is 32.2. The maximum atomic E-state index is 11.2. The van der Waals surface area contributed by atoms with Crippen LogP contribution in [0, 0.1) is 0 Å². The van der Waals surface area contributed by atoms with Crippen molar-refractivity contribution in [2.75, 3.05) is 12.0 Å². The molecule has 9 heteroatoms. The molecular formula is C9H10N4O3S2. The Labute approximate surface area is 108 Å². The van der Waals surface area contributed by atoms with Crippen molar-refractivity contribution >= 4 is 26.3 Å². The molecule has 0 aliphatic heterocycles. The number of hydrogen-bond acceptors (Lipinski definition) is 8. The van der Waals surface area contributed by atoms with Gasteiger partial charge in [-0.25, -0.2) is 8.42 Å². The van der Waals surface area contributed by atoms with Crippen LogP contribution in [0.4, 0.5) is 5.13 Å². The summed E-state index contributed by atoms with van der Waals surface area (Å²) in [7, 11) is -3.22. The van der Waals surface area contributed by atoms with E-state index in [0.717, 1.165) is 17.6 Å². The molecule has 2 aromatic heterocycles. The molecule has 0 saturated carbocycles.